The first kappa shape index (κ1) is 15.3. The average Bonchev–Trinajstić information content (AvgIpc) is 3.25. The van der Waals surface area contributed by atoms with Gasteiger partial charge in [0.25, 0.3) is 5.91 Å². The van der Waals surface area contributed by atoms with Gasteiger partial charge in [-0.25, -0.2) is 0 Å². The molecule has 1 aromatic carbocycles. The van der Waals surface area contributed by atoms with Gasteiger partial charge in [0, 0.05) is 30.8 Å². The highest BCUT2D eigenvalue weighted by Crippen LogP contribution is 2.35. The number of nitrogens with zero attached hydrogens (tertiary/aromatic N) is 5. The van der Waals surface area contributed by atoms with Crippen LogP contribution in [0.25, 0.3) is 11.4 Å². The summed E-state index contributed by atoms with van der Waals surface area (Å²) in [6.45, 7) is 2.41. The van der Waals surface area contributed by atoms with E-state index in [2.05, 4.69) is 15.4 Å². The number of hydrogen-bond donors (Lipinski definition) is 0. The predicted octanol–water partition coefficient (Wildman–Crippen LogP) is 1.66. The Morgan fingerprint density at radius 1 is 1.17 bits per heavy atom. The van der Waals surface area contributed by atoms with Gasteiger partial charge in [-0.3, -0.25) is 4.79 Å². The number of carbonyl (C=O) groups is 1. The quantitative estimate of drug-likeness (QED) is 0.839. The Morgan fingerprint density at radius 3 is 2.50 bits per heavy atom. The average molecular weight is 327 g/mol. The molecule has 0 aliphatic carbocycles. The highest BCUT2D eigenvalue weighted by Gasteiger charge is 2.39. The smallest absolute Gasteiger partial charge is 0.253 e. The summed E-state index contributed by atoms with van der Waals surface area (Å²) in [5.41, 5.74) is 1.60. The normalized spacial score (nSPS) is 19.8. The molecule has 7 nitrogen and oxygen atoms in total. The zero-order valence-electron chi connectivity index (χ0n) is 13.8. The highest BCUT2D eigenvalue weighted by atomic mass is 16.5. The Kier molecular flexibility index (Phi) is 3.80. The van der Waals surface area contributed by atoms with Crippen LogP contribution in [-0.2, 0) is 11.8 Å². The van der Waals surface area contributed by atoms with Crippen LogP contribution >= 0.6 is 0 Å². The summed E-state index contributed by atoms with van der Waals surface area (Å²) in [5, 5.41) is 12.0. The van der Waals surface area contributed by atoms with Crippen molar-refractivity contribution >= 4 is 5.91 Å². The fourth-order valence-corrected chi connectivity index (χ4v) is 3.61. The van der Waals surface area contributed by atoms with Crippen molar-refractivity contribution in [3.05, 3.63) is 29.8 Å². The molecule has 0 N–H and O–H groups in total. The molecular weight excluding hydrogens is 306 g/mol. The number of aromatic nitrogens is 4. The van der Waals surface area contributed by atoms with Crippen molar-refractivity contribution in [2.75, 3.05) is 19.7 Å². The summed E-state index contributed by atoms with van der Waals surface area (Å²) in [5.74, 6) is 0.649. The minimum atomic E-state index is 0.0400. The summed E-state index contributed by atoms with van der Waals surface area (Å²) in [6.07, 6.45) is 4.17. The maximum atomic E-state index is 12.7. The number of carbonyl (C=O) groups excluding carboxylic acids is 1. The van der Waals surface area contributed by atoms with E-state index in [0.717, 1.165) is 50.9 Å². The van der Waals surface area contributed by atoms with Crippen LogP contribution in [0, 0.1) is 0 Å². The zero-order valence-corrected chi connectivity index (χ0v) is 13.8. The molecule has 7 heteroatoms. The van der Waals surface area contributed by atoms with Gasteiger partial charge in [0.05, 0.1) is 12.6 Å². The number of piperidine rings is 1. The monoisotopic (exact) mass is 327 g/mol. The fraction of sp³-hybridized carbons (Fsp3) is 0.529. The van der Waals surface area contributed by atoms with E-state index in [0.29, 0.717) is 11.4 Å². The second-order valence-corrected chi connectivity index (χ2v) is 6.61. The number of hydrogen-bond acceptors (Lipinski definition) is 5. The van der Waals surface area contributed by atoms with Crippen LogP contribution in [0.4, 0.5) is 0 Å². The van der Waals surface area contributed by atoms with E-state index in [4.69, 9.17) is 4.74 Å². The van der Waals surface area contributed by atoms with Gasteiger partial charge in [-0.1, -0.05) is 12.1 Å². The van der Waals surface area contributed by atoms with Crippen LogP contribution in [0.2, 0.25) is 0 Å². The number of aryl methyl sites for hydroxylation is 1. The Labute approximate surface area is 140 Å². The van der Waals surface area contributed by atoms with E-state index >= 15 is 0 Å². The molecule has 3 heterocycles. The molecule has 2 fully saturated rings. The summed E-state index contributed by atoms with van der Waals surface area (Å²) in [4.78, 5) is 16.0. The van der Waals surface area contributed by atoms with Crippen LogP contribution in [-0.4, -0.2) is 56.3 Å². The Hall–Kier alpha value is -2.28. The maximum Gasteiger partial charge on any atom is 0.253 e. The Morgan fingerprint density at radius 2 is 1.92 bits per heavy atom. The molecular formula is C17H21N5O2. The third kappa shape index (κ3) is 2.80. The van der Waals surface area contributed by atoms with Crippen molar-refractivity contribution in [2.45, 2.75) is 31.3 Å². The maximum absolute atomic E-state index is 12.7. The molecule has 0 saturated carbocycles. The van der Waals surface area contributed by atoms with Crippen LogP contribution in [0.5, 0.6) is 0 Å². The van der Waals surface area contributed by atoms with Crippen molar-refractivity contribution in [3.8, 4) is 11.4 Å². The van der Waals surface area contributed by atoms with Crippen LogP contribution in [0.1, 0.15) is 36.0 Å². The third-order valence-electron chi connectivity index (χ3n) is 5.05. The van der Waals surface area contributed by atoms with Crippen LogP contribution < -0.4 is 0 Å². The zero-order chi connectivity index (χ0) is 16.6. The topological polar surface area (TPSA) is 73.1 Å². The summed E-state index contributed by atoms with van der Waals surface area (Å²) >= 11 is 0. The predicted molar refractivity (Wildman–Crippen MR) is 87.3 cm³/mol. The van der Waals surface area contributed by atoms with Crippen LogP contribution in [0.15, 0.2) is 24.3 Å². The van der Waals surface area contributed by atoms with E-state index in [9.17, 15) is 4.79 Å². The lowest BCUT2D eigenvalue weighted by atomic mass is 9.88. The molecule has 126 valence electrons. The number of likely N-dealkylation sites (tertiary alicyclic amines) is 1. The standard InChI is InChI=1S/C17H21N5O2/c1-21-19-15(18-20-21)13-3-5-14(6-4-13)16(23)22-10-8-17(9-11-22)7-2-12-24-17/h3-6H,2,7-12H2,1H3. The number of amides is 1. The minimum absolute atomic E-state index is 0.0400. The Balaban J connectivity index is 1.43. The van der Waals surface area contributed by atoms with Gasteiger partial charge in [-0.05, 0) is 43.0 Å². The van der Waals surface area contributed by atoms with Gasteiger partial charge in [0.2, 0.25) is 5.82 Å². The molecule has 0 atom stereocenters. The second-order valence-electron chi connectivity index (χ2n) is 6.61. The first-order valence-corrected chi connectivity index (χ1v) is 8.43. The lowest BCUT2D eigenvalue weighted by Gasteiger charge is -2.38. The van der Waals surface area contributed by atoms with Crippen molar-refractivity contribution in [3.63, 3.8) is 0 Å². The fourth-order valence-electron chi connectivity index (χ4n) is 3.61. The molecule has 2 saturated heterocycles. The van der Waals surface area contributed by atoms with Crippen LogP contribution in [0.3, 0.4) is 0 Å². The molecule has 1 amide bonds. The third-order valence-corrected chi connectivity index (χ3v) is 5.05. The molecule has 0 bridgehead atoms. The highest BCUT2D eigenvalue weighted by molar-refractivity contribution is 5.94. The molecule has 2 aromatic rings. The van der Waals surface area contributed by atoms with Gasteiger partial charge in [-0.15, -0.1) is 10.2 Å². The summed E-state index contributed by atoms with van der Waals surface area (Å²) in [7, 11) is 1.73. The summed E-state index contributed by atoms with van der Waals surface area (Å²) < 4.78 is 5.92. The number of rotatable bonds is 2. The molecule has 2 aliphatic rings. The van der Waals surface area contributed by atoms with Gasteiger partial charge < -0.3 is 9.64 Å². The summed E-state index contributed by atoms with van der Waals surface area (Å²) in [6, 6.07) is 7.42. The van der Waals surface area contributed by atoms with Gasteiger partial charge in [-0.2, -0.15) is 4.80 Å². The van der Waals surface area contributed by atoms with E-state index in [1.54, 1.807) is 7.05 Å². The molecule has 1 spiro atoms. The van der Waals surface area contributed by atoms with Gasteiger partial charge in [0.15, 0.2) is 0 Å². The first-order valence-electron chi connectivity index (χ1n) is 8.43. The SMILES string of the molecule is Cn1nnc(-c2ccc(C(=O)N3CCC4(CCCO4)CC3)cc2)n1. The van der Waals surface area contributed by atoms with Crippen molar-refractivity contribution in [1.82, 2.24) is 25.1 Å². The first-order chi connectivity index (χ1) is 11.7. The molecule has 1 aromatic heterocycles. The molecule has 2 aliphatic heterocycles. The van der Waals surface area contributed by atoms with Crippen molar-refractivity contribution in [1.29, 1.82) is 0 Å². The lowest BCUT2D eigenvalue weighted by Crippen LogP contribution is -2.46. The van der Waals surface area contributed by atoms with E-state index in [-0.39, 0.29) is 11.5 Å². The number of tetrazole rings is 1. The lowest BCUT2D eigenvalue weighted by molar-refractivity contribution is -0.0387. The van der Waals surface area contributed by atoms with E-state index in [1.807, 2.05) is 29.2 Å². The minimum Gasteiger partial charge on any atom is -0.375 e. The van der Waals surface area contributed by atoms with Crippen molar-refractivity contribution in [2.24, 2.45) is 7.05 Å². The molecule has 24 heavy (non-hydrogen) atoms. The van der Waals surface area contributed by atoms with Crippen molar-refractivity contribution < 1.29 is 9.53 Å². The Bertz CT molecular complexity index is 724. The number of ether oxygens (including phenoxy) is 1. The molecule has 0 unspecified atom stereocenters. The molecule has 4 rings (SSSR count). The van der Waals surface area contributed by atoms with E-state index < -0.39 is 0 Å². The van der Waals surface area contributed by atoms with Gasteiger partial charge >= 0.3 is 0 Å². The van der Waals surface area contributed by atoms with E-state index in [1.165, 1.54) is 4.80 Å². The number of benzene rings is 1. The molecule has 0 radical (unpaired) electrons. The second kappa shape index (κ2) is 5.98. The largest absolute Gasteiger partial charge is 0.375 e. The van der Waals surface area contributed by atoms with Gasteiger partial charge in [0.1, 0.15) is 0 Å².